The number of unbranched alkanes of at least 4 members (excludes halogenated alkanes) is 30. The molecule has 84 heavy (non-hydrogen) atoms. The molecule has 0 aromatic carbocycles. The summed E-state index contributed by atoms with van der Waals surface area (Å²) < 4.78 is 30.8. The Bertz CT molecular complexity index is 1810. The number of hydrogen-bond acceptors (Lipinski definition) is 6. The number of phosphoric ester groups is 1. The van der Waals surface area contributed by atoms with Crippen molar-refractivity contribution in [2.24, 2.45) is 0 Å². The van der Waals surface area contributed by atoms with E-state index >= 15 is 0 Å². The minimum Gasteiger partial charge on any atom is -0.456 e. The number of amides is 1. The fraction of sp³-hybridized carbons (Fsp3) is 0.730. The van der Waals surface area contributed by atoms with E-state index in [0.29, 0.717) is 23.9 Å². The van der Waals surface area contributed by atoms with Crippen LogP contribution in [0.4, 0.5) is 0 Å². The molecule has 0 aromatic heterocycles. The first kappa shape index (κ1) is 80.7. The van der Waals surface area contributed by atoms with Gasteiger partial charge in [-0.15, -0.1) is 0 Å². The Morgan fingerprint density at radius 1 is 0.429 bits per heavy atom. The highest BCUT2D eigenvalue weighted by Gasteiger charge is 2.30. The molecule has 0 saturated heterocycles. The van der Waals surface area contributed by atoms with E-state index in [4.69, 9.17) is 13.8 Å². The molecule has 484 valence electrons. The average molecular weight is 1190 g/mol. The van der Waals surface area contributed by atoms with Crippen molar-refractivity contribution in [2.75, 3.05) is 40.9 Å². The zero-order valence-corrected chi connectivity index (χ0v) is 56.3. The zero-order chi connectivity index (χ0) is 61.4. The SMILES string of the molecule is CC/C=C\C/C=C\C/C=C\C/C=C\C/C=C\CCCCCC(=O)OC(/C=C\CCCCCCCCCCCC)C(COP(=O)(O)OCC[N+](C)(C)C)NC(=O)CCCCCCCCCCCCCCCC/C=C\C/C=C\C/C=C\CCCCC. The van der Waals surface area contributed by atoms with Gasteiger partial charge < -0.3 is 19.4 Å². The van der Waals surface area contributed by atoms with Crippen LogP contribution in [0.1, 0.15) is 297 Å². The molecule has 0 bridgehead atoms. The molecule has 9 nitrogen and oxygen atoms in total. The molecule has 2 N–H and O–H groups in total. The number of quaternary nitrogens is 1. The Balaban J connectivity index is 5.11. The van der Waals surface area contributed by atoms with E-state index in [0.717, 1.165) is 103 Å². The minimum absolute atomic E-state index is 0.0301. The molecule has 0 heterocycles. The lowest BCUT2D eigenvalue weighted by atomic mass is 10.0. The van der Waals surface area contributed by atoms with Crippen LogP contribution in [0.5, 0.6) is 0 Å². The second-order valence-corrected chi connectivity index (χ2v) is 25.8. The smallest absolute Gasteiger partial charge is 0.456 e. The number of hydrogen-bond donors (Lipinski definition) is 2. The number of nitrogens with one attached hydrogen (secondary N) is 1. The highest BCUT2D eigenvalue weighted by Crippen LogP contribution is 2.43. The fourth-order valence-electron chi connectivity index (χ4n) is 9.62. The molecular formula is C74H132N2O7P+. The highest BCUT2D eigenvalue weighted by atomic mass is 31.2. The van der Waals surface area contributed by atoms with Crippen LogP contribution in [-0.4, -0.2) is 74.3 Å². The van der Waals surface area contributed by atoms with Crippen LogP contribution in [0.15, 0.2) is 109 Å². The second-order valence-electron chi connectivity index (χ2n) is 24.3. The summed E-state index contributed by atoms with van der Waals surface area (Å²) in [5, 5.41) is 3.06. The van der Waals surface area contributed by atoms with Gasteiger partial charge in [0.05, 0.1) is 33.8 Å². The third kappa shape index (κ3) is 63.2. The van der Waals surface area contributed by atoms with Gasteiger partial charge in [0.1, 0.15) is 19.3 Å². The van der Waals surface area contributed by atoms with E-state index in [1.165, 1.54) is 154 Å². The lowest BCUT2D eigenvalue weighted by Crippen LogP contribution is -2.47. The van der Waals surface area contributed by atoms with E-state index in [1.54, 1.807) is 0 Å². The molecule has 0 rings (SSSR count). The molecule has 3 unspecified atom stereocenters. The molecule has 1 amide bonds. The van der Waals surface area contributed by atoms with E-state index in [-0.39, 0.29) is 31.5 Å². The molecule has 0 radical (unpaired) electrons. The van der Waals surface area contributed by atoms with Crippen molar-refractivity contribution in [3.05, 3.63) is 109 Å². The van der Waals surface area contributed by atoms with Crippen molar-refractivity contribution in [1.29, 1.82) is 0 Å². The van der Waals surface area contributed by atoms with Crippen molar-refractivity contribution in [2.45, 2.75) is 309 Å². The number of carbonyl (C=O) groups excluding carboxylic acids is 2. The number of carbonyl (C=O) groups is 2. The highest BCUT2D eigenvalue weighted by molar-refractivity contribution is 7.47. The van der Waals surface area contributed by atoms with Gasteiger partial charge in [-0.25, -0.2) is 4.57 Å². The van der Waals surface area contributed by atoms with Crippen LogP contribution in [0.25, 0.3) is 0 Å². The van der Waals surface area contributed by atoms with Crippen molar-refractivity contribution in [3.63, 3.8) is 0 Å². The molecule has 0 fully saturated rings. The number of rotatable bonds is 62. The third-order valence-corrected chi connectivity index (χ3v) is 15.9. The number of phosphoric acid groups is 1. The minimum atomic E-state index is -4.47. The van der Waals surface area contributed by atoms with Gasteiger partial charge in [-0.2, -0.15) is 0 Å². The monoisotopic (exact) mass is 1190 g/mol. The van der Waals surface area contributed by atoms with Gasteiger partial charge in [0.15, 0.2) is 0 Å². The van der Waals surface area contributed by atoms with E-state index in [1.807, 2.05) is 33.3 Å². The summed E-state index contributed by atoms with van der Waals surface area (Å²) in [6.07, 6.45) is 86.7. The van der Waals surface area contributed by atoms with Gasteiger partial charge in [0.2, 0.25) is 5.91 Å². The number of allylic oxidation sites excluding steroid dienone is 17. The molecular weight excluding hydrogens is 1060 g/mol. The van der Waals surface area contributed by atoms with Crippen LogP contribution in [0, 0.1) is 0 Å². The summed E-state index contributed by atoms with van der Waals surface area (Å²) in [5.74, 6) is -0.543. The van der Waals surface area contributed by atoms with Gasteiger partial charge in [0, 0.05) is 12.8 Å². The lowest BCUT2D eigenvalue weighted by Gasteiger charge is -2.27. The van der Waals surface area contributed by atoms with Crippen LogP contribution in [-0.2, 0) is 27.9 Å². The Hall–Kier alpha value is -3.33. The summed E-state index contributed by atoms with van der Waals surface area (Å²) in [7, 11) is 1.47. The fourth-order valence-corrected chi connectivity index (χ4v) is 10.4. The van der Waals surface area contributed by atoms with E-state index in [2.05, 4.69) is 123 Å². The molecule has 3 atom stereocenters. The molecule has 0 aliphatic carbocycles. The summed E-state index contributed by atoms with van der Waals surface area (Å²) in [6.45, 7) is 6.86. The van der Waals surface area contributed by atoms with Gasteiger partial charge in [-0.1, -0.05) is 278 Å². The molecule has 0 aromatic rings. The largest absolute Gasteiger partial charge is 0.472 e. The Morgan fingerprint density at radius 2 is 0.762 bits per heavy atom. The summed E-state index contributed by atoms with van der Waals surface area (Å²) in [6, 6.07) is -0.869. The van der Waals surface area contributed by atoms with Crippen LogP contribution < -0.4 is 5.32 Å². The van der Waals surface area contributed by atoms with Crippen molar-refractivity contribution < 1.29 is 37.3 Å². The van der Waals surface area contributed by atoms with Gasteiger partial charge in [-0.3, -0.25) is 18.6 Å². The van der Waals surface area contributed by atoms with Gasteiger partial charge in [-0.05, 0) is 115 Å². The predicted octanol–water partition coefficient (Wildman–Crippen LogP) is 22.1. The number of esters is 1. The molecule has 0 aliphatic rings. The first-order chi connectivity index (χ1) is 40.9. The number of ether oxygens (including phenoxy) is 1. The van der Waals surface area contributed by atoms with Gasteiger partial charge >= 0.3 is 13.8 Å². The molecule has 10 heteroatoms. The Morgan fingerprint density at radius 3 is 1.18 bits per heavy atom. The van der Waals surface area contributed by atoms with Crippen LogP contribution in [0.3, 0.4) is 0 Å². The zero-order valence-electron chi connectivity index (χ0n) is 55.4. The topological polar surface area (TPSA) is 111 Å². The summed E-state index contributed by atoms with van der Waals surface area (Å²) >= 11 is 0. The quantitative estimate of drug-likeness (QED) is 0.0205. The maximum absolute atomic E-state index is 13.6. The first-order valence-electron chi connectivity index (χ1n) is 34.7. The molecule has 0 aliphatic heterocycles. The van der Waals surface area contributed by atoms with E-state index in [9.17, 15) is 19.0 Å². The number of likely N-dealkylation sites (N-methyl/N-ethyl adjacent to an activating group) is 1. The van der Waals surface area contributed by atoms with Crippen molar-refractivity contribution in [1.82, 2.24) is 5.32 Å². The lowest BCUT2D eigenvalue weighted by molar-refractivity contribution is -0.870. The summed E-state index contributed by atoms with van der Waals surface area (Å²) in [5.41, 5.74) is 0. The maximum Gasteiger partial charge on any atom is 0.472 e. The standard InChI is InChI=1S/C74H131N2O7P/c1-7-10-13-16-19-22-25-28-30-32-34-35-36-37-38-39-40-41-43-44-46-48-51-54-57-60-63-66-73(77)75-71(70-82-84(79,80)81-69-68-76(4,5)6)72(65-62-59-56-53-50-27-24-21-18-15-12-9-3)83-74(78)67-64-61-58-55-52-49-47-45-42-33-31-29-26-23-20-17-14-11-8-2/h11,14,19-20,22-23,28-31,34-35,42,45,49,52,62,65,71-72H,7-10,12-13,15-18,21,24-27,32-33,36-41,43-44,46-48,50-51,53-61,63-64,66-70H2,1-6H3,(H-,75,77,79,80)/p+1/b14-11-,22-19-,23-20-,30-28-,31-29-,35-34-,45-42-,52-49-,65-62-. The normalized spacial score (nSPS) is 14.2. The second kappa shape index (κ2) is 62.7. The predicted molar refractivity (Wildman–Crippen MR) is 364 cm³/mol. The van der Waals surface area contributed by atoms with E-state index < -0.39 is 20.0 Å². The Kier molecular flexibility index (Phi) is 60.2. The molecule has 0 saturated carbocycles. The van der Waals surface area contributed by atoms with Crippen molar-refractivity contribution in [3.8, 4) is 0 Å². The first-order valence-corrected chi connectivity index (χ1v) is 36.2. The van der Waals surface area contributed by atoms with Crippen LogP contribution >= 0.6 is 7.82 Å². The average Bonchev–Trinajstić information content (AvgIpc) is 3.65. The Labute approximate surface area is 519 Å². The number of nitrogens with zero attached hydrogens (tertiary/aromatic N) is 1. The summed E-state index contributed by atoms with van der Waals surface area (Å²) in [4.78, 5) is 37.9. The third-order valence-electron chi connectivity index (χ3n) is 14.9. The maximum atomic E-state index is 13.6. The van der Waals surface area contributed by atoms with Crippen molar-refractivity contribution >= 4 is 19.7 Å². The van der Waals surface area contributed by atoms with Gasteiger partial charge in [0.25, 0.3) is 0 Å². The van der Waals surface area contributed by atoms with Crippen LogP contribution in [0.2, 0.25) is 0 Å². The molecule has 0 spiro atoms.